The maximum Gasteiger partial charge on any atom is 0.255 e. The average Bonchev–Trinajstić information content (AvgIpc) is 2.84. The van der Waals surface area contributed by atoms with Crippen LogP contribution in [0.5, 0.6) is 0 Å². The van der Waals surface area contributed by atoms with Crippen LogP contribution in [-0.4, -0.2) is 97.9 Å². The highest BCUT2D eigenvalue weighted by Gasteiger charge is 2.19. The summed E-state index contributed by atoms with van der Waals surface area (Å²) in [7, 11) is 0. The van der Waals surface area contributed by atoms with Gasteiger partial charge in [0.05, 0.1) is 26.4 Å². The Morgan fingerprint density at radius 1 is 1.03 bits per heavy atom. The van der Waals surface area contributed by atoms with Crippen molar-refractivity contribution in [3.8, 4) is 0 Å². The van der Waals surface area contributed by atoms with Crippen LogP contribution in [0.1, 0.15) is 50.3 Å². The van der Waals surface area contributed by atoms with E-state index >= 15 is 0 Å². The number of amides is 1. The van der Waals surface area contributed by atoms with Crippen molar-refractivity contribution in [1.82, 2.24) is 19.8 Å². The number of hydrogen-bond acceptors (Lipinski definition) is 7. The molecule has 0 atom stereocenters. The molecule has 9 heteroatoms. The summed E-state index contributed by atoms with van der Waals surface area (Å²) in [4.78, 5) is 39.8. The van der Waals surface area contributed by atoms with Crippen molar-refractivity contribution in [3.63, 3.8) is 0 Å². The fraction of sp³-hybridized carbons (Fsp3) is 0.792. The second-order valence-electron chi connectivity index (χ2n) is 8.95. The Balaban J connectivity index is 1.57. The molecule has 1 aromatic rings. The first-order valence-electron chi connectivity index (χ1n) is 12.6. The Morgan fingerprint density at radius 3 is 2.39 bits per heavy atom. The van der Waals surface area contributed by atoms with E-state index in [0.29, 0.717) is 43.3 Å². The highest BCUT2D eigenvalue weighted by Crippen LogP contribution is 2.12. The topological polar surface area (TPSA) is 91.0 Å². The molecule has 1 aromatic heterocycles. The van der Waals surface area contributed by atoms with E-state index in [1.54, 1.807) is 0 Å². The minimum absolute atomic E-state index is 0.121. The molecule has 2 aliphatic heterocycles. The summed E-state index contributed by atoms with van der Waals surface area (Å²) in [5, 5.41) is 0. The van der Waals surface area contributed by atoms with Gasteiger partial charge in [0.1, 0.15) is 0 Å². The van der Waals surface area contributed by atoms with Crippen LogP contribution in [0.4, 0.5) is 5.95 Å². The highest BCUT2D eigenvalue weighted by atomic mass is 16.5. The smallest absolute Gasteiger partial charge is 0.255 e. The number of anilines is 1. The van der Waals surface area contributed by atoms with Crippen LogP contribution in [0.15, 0.2) is 4.79 Å². The van der Waals surface area contributed by atoms with E-state index in [4.69, 9.17) is 9.47 Å². The minimum Gasteiger partial charge on any atom is -0.379 e. The van der Waals surface area contributed by atoms with Gasteiger partial charge >= 0.3 is 0 Å². The first kappa shape index (κ1) is 25.6. The third-order valence-corrected chi connectivity index (χ3v) is 6.53. The summed E-state index contributed by atoms with van der Waals surface area (Å²) in [6.07, 6.45) is 5.29. The van der Waals surface area contributed by atoms with Gasteiger partial charge in [0.25, 0.3) is 5.56 Å². The summed E-state index contributed by atoms with van der Waals surface area (Å²) >= 11 is 0. The summed E-state index contributed by atoms with van der Waals surface area (Å²) in [5.74, 6) is 0.717. The lowest BCUT2D eigenvalue weighted by Gasteiger charge is -2.30. The van der Waals surface area contributed by atoms with E-state index in [1.165, 1.54) is 12.8 Å². The number of rotatable bonds is 12. The number of aromatic amines is 1. The van der Waals surface area contributed by atoms with Gasteiger partial charge in [0, 0.05) is 63.5 Å². The van der Waals surface area contributed by atoms with Crippen LogP contribution >= 0.6 is 0 Å². The predicted octanol–water partition coefficient (Wildman–Crippen LogP) is 1.59. The quantitative estimate of drug-likeness (QED) is 0.471. The molecule has 0 aliphatic carbocycles. The van der Waals surface area contributed by atoms with Gasteiger partial charge in [-0.3, -0.25) is 19.5 Å². The van der Waals surface area contributed by atoms with Gasteiger partial charge < -0.3 is 19.3 Å². The van der Waals surface area contributed by atoms with E-state index < -0.39 is 0 Å². The number of nitrogens with zero attached hydrogens (tertiary/aromatic N) is 4. The molecule has 0 radical (unpaired) electrons. The SMILES string of the molecule is CCCCCCN(CCN1CCOCC1)C(=O)CCc1c(C)nc(N2CCOCC2)[nH]c1=O. The van der Waals surface area contributed by atoms with Crippen molar-refractivity contribution >= 4 is 11.9 Å². The minimum atomic E-state index is -0.139. The summed E-state index contributed by atoms with van der Waals surface area (Å²) in [6.45, 7) is 12.5. The van der Waals surface area contributed by atoms with Crippen LogP contribution in [0.2, 0.25) is 0 Å². The third kappa shape index (κ3) is 8.08. The molecule has 1 amide bonds. The second kappa shape index (κ2) is 13.7. The lowest BCUT2D eigenvalue weighted by atomic mass is 10.1. The summed E-state index contributed by atoms with van der Waals surface area (Å²) < 4.78 is 10.8. The van der Waals surface area contributed by atoms with Crippen molar-refractivity contribution in [2.75, 3.05) is 77.1 Å². The number of unbranched alkanes of at least 4 members (excludes halogenated alkanes) is 3. The number of nitrogens with one attached hydrogen (secondary N) is 1. The molecule has 0 bridgehead atoms. The van der Waals surface area contributed by atoms with E-state index in [0.717, 1.165) is 71.9 Å². The number of aryl methyl sites for hydroxylation is 1. The molecule has 1 N–H and O–H groups in total. The molecule has 0 spiro atoms. The summed E-state index contributed by atoms with van der Waals surface area (Å²) in [6, 6.07) is 0. The second-order valence-corrected chi connectivity index (χ2v) is 8.95. The Morgan fingerprint density at radius 2 is 1.73 bits per heavy atom. The van der Waals surface area contributed by atoms with Crippen molar-refractivity contribution < 1.29 is 14.3 Å². The van der Waals surface area contributed by atoms with Crippen molar-refractivity contribution in [1.29, 1.82) is 0 Å². The monoisotopic (exact) mass is 463 g/mol. The van der Waals surface area contributed by atoms with Gasteiger partial charge in [0.15, 0.2) is 0 Å². The van der Waals surface area contributed by atoms with Crippen LogP contribution in [0.25, 0.3) is 0 Å². The molecule has 0 saturated carbocycles. The Labute approximate surface area is 197 Å². The van der Waals surface area contributed by atoms with Crippen LogP contribution in [-0.2, 0) is 20.7 Å². The zero-order valence-corrected chi connectivity index (χ0v) is 20.4. The lowest BCUT2D eigenvalue weighted by molar-refractivity contribution is -0.131. The number of ether oxygens (including phenoxy) is 2. The van der Waals surface area contributed by atoms with Gasteiger partial charge in [-0.25, -0.2) is 4.98 Å². The maximum atomic E-state index is 13.1. The van der Waals surface area contributed by atoms with E-state index in [9.17, 15) is 9.59 Å². The number of carbonyl (C=O) groups is 1. The molecular formula is C24H41N5O4. The molecule has 3 rings (SSSR count). The van der Waals surface area contributed by atoms with Crippen LogP contribution < -0.4 is 10.5 Å². The van der Waals surface area contributed by atoms with Crippen molar-refractivity contribution in [2.45, 2.75) is 52.4 Å². The fourth-order valence-electron chi connectivity index (χ4n) is 4.38. The van der Waals surface area contributed by atoms with Crippen molar-refractivity contribution in [2.24, 2.45) is 0 Å². The molecular weight excluding hydrogens is 422 g/mol. The summed E-state index contributed by atoms with van der Waals surface area (Å²) in [5.41, 5.74) is 1.18. The zero-order chi connectivity index (χ0) is 23.5. The largest absolute Gasteiger partial charge is 0.379 e. The van der Waals surface area contributed by atoms with E-state index in [2.05, 4.69) is 21.8 Å². The number of carbonyl (C=O) groups excluding carboxylic acids is 1. The molecule has 2 fully saturated rings. The number of H-pyrrole nitrogens is 1. The molecule has 2 saturated heterocycles. The van der Waals surface area contributed by atoms with Crippen LogP contribution in [0, 0.1) is 6.92 Å². The Kier molecular flexibility index (Phi) is 10.6. The predicted molar refractivity (Wildman–Crippen MR) is 129 cm³/mol. The Hall–Kier alpha value is -1.97. The van der Waals surface area contributed by atoms with Gasteiger partial charge in [-0.1, -0.05) is 26.2 Å². The zero-order valence-electron chi connectivity index (χ0n) is 20.4. The third-order valence-electron chi connectivity index (χ3n) is 6.53. The lowest BCUT2D eigenvalue weighted by Crippen LogP contribution is -2.43. The molecule has 0 aromatic carbocycles. The highest BCUT2D eigenvalue weighted by molar-refractivity contribution is 5.76. The Bertz CT molecular complexity index is 788. The van der Waals surface area contributed by atoms with Gasteiger partial charge in [-0.2, -0.15) is 0 Å². The van der Waals surface area contributed by atoms with Crippen LogP contribution in [0.3, 0.4) is 0 Å². The molecule has 33 heavy (non-hydrogen) atoms. The molecule has 9 nitrogen and oxygen atoms in total. The average molecular weight is 464 g/mol. The fourth-order valence-corrected chi connectivity index (χ4v) is 4.38. The van der Waals surface area contributed by atoms with E-state index in [-0.39, 0.29) is 11.5 Å². The number of hydrogen-bond donors (Lipinski definition) is 1. The molecule has 0 unspecified atom stereocenters. The molecule has 3 heterocycles. The first-order chi connectivity index (χ1) is 16.1. The maximum absolute atomic E-state index is 13.1. The van der Waals surface area contributed by atoms with Crippen molar-refractivity contribution in [3.05, 3.63) is 21.6 Å². The molecule has 186 valence electrons. The first-order valence-corrected chi connectivity index (χ1v) is 12.6. The normalized spacial score (nSPS) is 17.3. The van der Waals surface area contributed by atoms with Gasteiger partial charge in [-0.05, 0) is 19.8 Å². The molecule has 2 aliphatic rings. The number of morpholine rings is 2. The standard InChI is InChI=1S/C24H41N5O4/c1-3-4-5-6-9-28(11-10-27-12-16-32-17-13-27)22(30)8-7-21-20(2)25-24(26-23(21)31)29-14-18-33-19-15-29/h3-19H2,1-2H3,(H,25,26,31). The van der Waals surface area contributed by atoms with Gasteiger partial charge in [0.2, 0.25) is 11.9 Å². The van der Waals surface area contributed by atoms with Gasteiger partial charge in [-0.15, -0.1) is 0 Å². The van der Waals surface area contributed by atoms with E-state index in [1.807, 2.05) is 16.7 Å². The number of aromatic nitrogens is 2.